The van der Waals surface area contributed by atoms with Crippen LogP contribution in [0.25, 0.3) is 0 Å². The van der Waals surface area contributed by atoms with E-state index in [2.05, 4.69) is 18.7 Å². The van der Waals surface area contributed by atoms with E-state index in [0.29, 0.717) is 5.41 Å². The average Bonchev–Trinajstić information content (AvgIpc) is 2.99. The number of aliphatic hydroxyl groups is 1. The number of nitrogens with two attached hydrogens (primary N) is 1. The van der Waals surface area contributed by atoms with Crippen LogP contribution in [-0.2, 0) is 0 Å². The maximum atomic E-state index is 10.9. The van der Waals surface area contributed by atoms with Gasteiger partial charge in [-0.05, 0) is 43.9 Å². The minimum atomic E-state index is -0.603. The zero-order valence-electron chi connectivity index (χ0n) is 11.2. The summed E-state index contributed by atoms with van der Waals surface area (Å²) in [7, 11) is 0. The maximum absolute atomic E-state index is 10.9. The highest BCUT2D eigenvalue weighted by Crippen LogP contribution is 2.54. The monoisotopic (exact) mass is 238 g/mol. The van der Waals surface area contributed by atoms with E-state index in [4.69, 9.17) is 5.73 Å². The molecule has 2 aliphatic carbocycles. The topological polar surface area (TPSA) is 49.5 Å². The molecule has 3 aliphatic rings. The van der Waals surface area contributed by atoms with Crippen LogP contribution in [0.4, 0.5) is 0 Å². The summed E-state index contributed by atoms with van der Waals surface area (Å²) < 4.78 is 0. The molecular formula is C14H26N2O. The van der Waals surface area contributed by atoms with Gasteiger partial charge in [-0.15, -0.1) is 0 Å². The molecule has 0 unspecified atom stereocenters. The van der Waals surface area contributed by atoms with Crippen molar-refractivity contribution < 1.29 is 5.11 Å². The van der Waals surface area contributed by atoms with Gasteiger partial charge in [0.2, 0.25) is 0 Å². The third-order valence-corrected chi connectivity index (χ3v) is 5.20. The number of nitrogens with zero attached hydrogens (tertiary/aromatic N) is 1. The molecule has 17 heavy (non-hydrogen) atoms. The number of hydrogen-bond donors (Lipinski definition) is 2. The summed E-state index contributed by atoms with van der Waals surface area (Å²) in [6.45, 7) is 6.59. The largest absolute Gasteiger partial charge is 0.388 e. The summed E-state index contributed by atoms with van der Waals surface area (Å²) in [6, 6.07) is 0.825. The van der Waals surface area contributed by atoms with E-state index in [1.807, 2.05) is 0 Å². The lowest BCUT2D eigenvalue weighted by molar-refractivity contribution is -0.143. The predicted octanol–water partition coefficient (Wildman–Crippen LogP) is 1.49. The van der Waals surface area contributed by atoms with E-state index in [9.17, 15) is 5.11 Å². The molecule has 0 radical (unpaired) electrons. The predicted molar refractivity (Wildman–Crippen MR) is 68.7 cm³/mol. The molecule has 0 aromatic carbocycles. The number of likely N-dealkylation sites (tertiary alicyclic amines) is 1. The first-order valence-electron chi connectivity index (χ1n) is 7.09. The van der Waals surface area contributed by atoms with Crippen LogP contribution < -0.4 is 5.73 Å². The summed E-state index contributed by atoms with van der Waals surface area (Å²) >= 11 is 0. The molecule has 1 heterocycles. The van der Waals surface area contributed by atoms with Crippen LogP contribution in [0.1, 0.15) is 52.4 Å². The molecule has 2 saturated carbocycles. The van der Waals surface area contributed by atoms with Crippen LogP contribution in [0.15, 0.2) is 0 Å². The Bertz CT molecular complexity index is 306. The first-order chi connectivity index (χ1) is 7.84. The number of piperidine rings is 1. The molecule has 3 fully saturated rings. The van der Waals surface area contributed by atoms with Crippen molar-refractivity contribution in [2.24, 2.45) is 11.1 Å². The van der Waals surface area contributed by atoms with E-state index in [0.717, 1.165) is 44.8 Å². The fourth-order valence-corrected chi connectivity index (χ4v) is 4.18. The summed E-state index contributed by atoms with van der Waals surface area (Å²) in [5, 5.41) is 10.9. The summed E-state index contributed by atoms with van der Waals surface area (Å²) in [5.41, 5.74) is 5.87. The van der Waals surface area contributed by atoms with Crippen LogP contribution in [0.2, 0.25) is 0 Å². The van der Waals surface area contributed by atoms with Gasteiger partial charge in [-0.2, -0.15) is 0 Å². The number of hydrogen-bond acceptors (Lipinski definition) is 3. The Morgan fingerprint density at radius 1 is 1.12 bits per heavy atom. The molecule has 98 valence electrons. The second-order valence-corrected chi connectivity index (χ2v) is 7.47. The lowest BCUT2D eigenvalue weighted by Crippen LogP contribution is -2.71. The van der Waals surface area contributed by atoms with Gasteiger partial charge in [0.15, 0.2) is 0 Å². The van der Waals surface area contributed by atoms with Gasteiger partial charge in [0.1, 0.15) is 0 Å². The standard InChI is InChI=1S/C14H26N2O/c1-12(2)9-13(15,10-12)14(17)5-7-16(8-6-14)11-3-4-11/h11,17H,3-10,15H2,1-2H3. The Morgan fingerprint density at radius 3 is 2.06 bits per heavy atom. The van der Waals surface area contributed by atoms with Crippen molar-refractivity contribution in [2.45, 2.75) is 69.6 Å². The van der Waals surface area contributed by atoms with E-state index in [-0.39, 0.29) is 5.54 Å². The van der Waals surface area contributed by atoms with Gasteiger partial charge in [0.25, 0.3) is 0 Å². The highest BCUT2D eigenvalue weighted by atomic mass is 16.3. The summed E-state index contributed by atoms with van der Waals surface area (Å²) in [4.78, 5) is 2.54. The zero-order chi connectivity index (χ0) is 12.3. The van der Waals surface area contributed by atoms with Gasteiger partial charge in [0, 0.05) is 24.7 Å². The van der Waals surface area contributed by atoms with Crippen molar-refractivity contribution in [3.8, 4) is 0 Å². The molecule has 0 amide bonds. The van der Waals surface area contributed by atoms with Crippen molar-refractivity contribution in [1.82, 2.24) is 4.90 Å². The van der Waals surface area contributed by atoms with Gasteiger partial charge in [-0.25, -0.2) is 0 Å². The first-order valence-corrected chi connectivity index (χ1v) is 7.09. The molecule has 1 saturated heterocycles. The normalized spacial score (nSPS) is 35.3. The average molecular weight is 238 g/mol. The molecule has 0 aromatic rings. The molecule has 3 N–H and O–H groups in total. The first kappa shape index (κ1) is 11.9. The van der Waals surface area contributed by atoms with Crippen LogP contribution in [0.5, 0.6) is 0 Å². The molecule has 0 atom stereocenters. The van der Waals surface area contributed by atoms with E-state index in [1.54, 1.807) is 0 Å². The van der Waals surface area contributed by atoms with Gasteiger partial charge >= 0.3 is 0 Å². The SMILES string of the molecule is CC1(C)CC(N)(C2(O)CCN(C3CC3)CC2)C1. The lowest BCUT2D eigenvalue weighted by Gasteiger charge is -2.60. The third-order valence-electron chi connectivity index (χ3n) is 5.20. The molecule has 3 rings (SSSR count). The van der Waals surface area contributed by atoms with Crippen LogP contribution in [0, 0.1) is 5.41 Å². The molecule has 0 aromatic heterocycles. The number of rotatable bonds is 2. The molecule has 3 nitrogen and oxygen atoms in total. The highest BCUT2D eigenvalue weighted by Gasteiger charge is 2.59. The van der Waals surface area contributed by atoms with Gasteiger partial charge in [-0.1, -0.05) is 13.8 Å². The van der Waals surface area contributed by atoms with Gasteiger partial charge in [0.05, 0.1) is 5.60 Å². The van der Waals surface area contributed by atoms with Crippen LogP contribution >= 0.6 is 0 Å². The summed E-state index contributed by atoms with van der Waals surface area (Å²) in [6.07, 6.45) is 6.41. The molecule has 1 aliphatic heterocycles. The second kappa shape index (κ2) is 3.46. The minimum absolute atomic E-state index is 0.313. The maximum Gasteiger partial charge on any atom is 0.0851 e. The smallest absolute Gasteiger partial charge is 0.0851 e. The van der Waals surface area contributed by atoms with Crippen molar-refractivity contribution in [3.05, 3.63) is 0 Å². The highest BCUT2D eigenvalue weighted by molar-refractivity contribution is 5.16. The fraction of sp³-hybridized carbons (Fsp3) is 1.00. The van der Waals surface area contributed by atoms with Gasteiger partial charge in [-0.3, -0.25) is 0 Å². The van der Waals surface area contributed by atoms with Gasteiger partial charge < -0.3 is 15.7 Å². The van der Waals surface area contributed by atoms with E-state index < -0.39 is 5.60 Å². The van der Waals surface area contributed by atoms with E-state index >= 15 is 0 Å². The Labute approximate surface area is 104 Å². The zero-order valence-corrected chi connectivity index (χ0v) is 11.2. The second-order valence-electron chi connectivity index (χ2n) is 7.47. The van der Waals surface area contributed by atoms with E-state index in [1.165, 1.54) is 12.8 Å². The van der Waals surface area contributed by atoms with Crippen molar-refractivity contribution in [3.63, 3.8) is 0 Å². The van der Waals surface area contributed by atoms with Crippen LogP contribution in [-0.4, -0.2) is 40.3 Å². The molecule has 0 spiro atoms. The Morgan fingerprint density at radius 2 is 1.65 bits per heavy atom. The molecule has 3 heteroatoms. The van der Waals surface area contributed by atoms with Crippen molar-refractivity contribution in [2.75, 3.05) is 13.1 Å². The lowest BCUT2D eigenvalue weighted by atomic mass is 9.52. The molecular weight excluding hydrogens is 212 g/mol. The Hall–Kier alpha value is -0.120. The molecule has 0 bridgehead atoms. The van der Waals surface area contributed by atoms with Crippen molar-refractivity contribution in [1.29, 1.82) is 0 Å². The van der Waals surface area contributed by atoms with Crippen LogP contribution in [0.3, 0.4) is 0 Å². The Balaban J connectivity index is 1.63. The fourth-order valence-electron chi connectivity index (χ4n) is 4.18. The quantitative estimate of drug-likeness (QED) is 0.766. The third kappa shape index (κ3) is 1.92. The summed E-state index contributed by atoms with van der Waals surface area (Å²) in [5.74, 6) is 0. The minimum Gasteiger partial charge on any atom is -0.388 e. The van der Waals surface area contributed by atoms with Crippen molar-refractivity contribution >= 4 is 0 Å². The Kier molecular flexibility index (Phi) is 2.43.